The number of carbonyl (C=O) groups excluding carboxylic acids is 1. The Kier molecular flexibility index (Phi) is 6.54. The molecule has 0 saturated carbocycles. The van der Waals surface area contributed by atoms with Crippen LogP contribution >= 0.6 is 0 Å². The zero-order valence-corrected chi connectivity index (χ0v) is 8.84. The molecule has 0 aliphatic heterocycles. The first-order valence-electron chi connectivity index (χ1n) is 4.70. The minimum Gasteiger partial charge on any atom is -0.358 e. The van der Waals surface area contributed by atoms with Crippen LogP contribution in [0, 0.1) is 0 Å². The lowest BCUT2D eigenvalue weighted by Gasteiger charge is -2.11. The summed E-state index contributed by atoms with van der Waals surface area (Å²) < 4.78 is 0. The third-order valence-electron chi connectivity index (χ3n) is 1.95. The molecule has 3 N–H and O–H groups in total. The standard InChI is InChI=1S/C9H21N3O/c1-11-9(13)8(10)6-4-5-7-12(2)3/h8H,4-7,10H2,1-3H3,(H,11,13). The van der Waals surface area contributed by atoms with E-state index in [-0.39, 0.29) is 11.9 Å². The monoisotopic (exact) mass is 187 g/mol. The van der Waals surface area contributed by atoms with Gasteiger partial charge in [-0.05, 0) is 33.5 Å². The van der Waals surface area contributed by atoms with Crippen LogP contribution in [-0.4, -0.2) is 44.5 Å². The van der Waals surface area contributed by atoms with E-state index in [0.29, 0.717) is 0 Å². The van der Waals surface area contributed by atoms with Gasteiger partial charge in [0, 0.05) is 7.05 Å². The topological polar surface area (TPSA) is 58.4 Å². The van der Waals surface area contributed by atoms with E-state index < -0.39 is 0 Å². The van der Waals surface area contributed by atoms with Crippen molar-refractivity contribution >= 4 is 5.91 Å². The van der Waals surface area contributed by atoms with Gasteiger partial charge in [0.2, 0.25) is 5.91 Å². The van der Waals surface area contributed by atoms with E-state index in [1.807, 2.05) is 14.1 Å². The van der Waals surface area contributed by atoms with E-state index in [1.54, 1.807) is 7.05 Å². The van der Waals surface area contributed by atoms with Crippen molar-refractivity contribution in [2.75, 3.05) is 27.7 Å². The average Bonchev–Trinajstić information content (AvgIpc) is 2.10. The molecule has 0 aliphatic rings. The van der Waals surface area contributed by atoms with Crippen LogP contribution < -0.4 is 11.1 Å². The van der Waals surface area contributed by atoms with Crippen LogP contribution in [0.25, 0.3) is 0 Å². The normalized spacial score (nSPS) is 13.0. The fraction of sp³-hybridized carbons (Fsp3) is 0.889. The first-order valence-corrected chi connectivity index (χ1v) is 4.70. The van der Waals surface area contributed by atoms with Crippen molar-refractivity contribution in [2.45, 2.75) is 25.3 Å². The number of amides is 1. The Morgan fingerprint density at radius 3 is 2.54 bits per heavy atom. The second-order valence-electron chi connectivity index (χ2n) is 3.52. The number of nitrogens with two attached hydrogens (primary N) is 1. The Labute approximate surface area is 80.5 Å². The SMILES string of the molecule is CNC(=O)C(N)CCCCN(C)C. The predicted molar refractivity (Wildman–Crippen MR) is 54.4 cm³/mol. The summed E-state index contributed by atoms with van der Waals surface area (Å²) in [6, 6.07) is -0.341. The van der Waals surface area contributed by atoms with E-state index in [0.717, 1.165) is 25.8 Å². The van der Waals surface area contributed by atoms with Gasteiger partial charge in [-0.1, -0.05) is 6.42 Å². The third-order valence-corrected chi connectivity index (χ3v) is 1.95. The molecule has 0 radical (unpaired) electrons. The lowest BCUT2D eigenvalue weighted by atomic mass is 10.1. The van der Waals surface area contributed by atoms with Crippen molar-refractivity contribution < 1.29 is 4.79 Å². The van der Waals surface area contributed by atoms with E-state index in [9.17, 15) is 4.79 Å². The molecule has 0 aliphatic carbocycles. The maximum atomic E-state index is 11.0. The Balaban J connectivity index is 3.37. The zero-order valence-electron chi connectivity index (χ0n) is 8.84. The highest BCUT2D eigenvalue weighted by atomic mass is 16.2. The van der Waals surface area contributed by atoms with Gasteiger partial charge in [-0.15, -0.1) is 0 Å². The van der Waals surface area contributed by atoms with Gasteiger partial charge in [0.1, 0.15) is 0 Å². The molecule has 1 amide bonds. The van der Waals surface area contributed by atoms with Gasteiger partial charge in [-0.3, -0.25) is 4.79 Å². The average molecular weight is 187 g/mol. The Bertz CT molecular complexity index is 148. The smallest absolute Gasteiger partial charge is 0.236 e. The molecule has 0 bridgehead atoms. The van der Waals surface area contributed by atoms with Crippen molar-refractivity contribution in [1.82, 2.24) is 10.2 Å². The van der Waals surface area contributed by atoms with Gasteiger partial charge in [0.05, 0.1) is 6.04 Å². The summed E-state index contributed by atoms with van der Waals surface area (Å²) in [5.41, 5.74) is 5.62. The quantitative estimate of drug-likeness (QED) is 0.566. The number of unbranched alkanes of at least 4 members (excludes halogenated alkanes) is 1. The molecular formula is C9H21N3O. The van der Waals surface area contributed by atoms with Crippen LogP contribution in [0.1, 0.15) is 19.3 Å². The molecule has 1 unspecified atom stereocenters. The lowest BCUT2D eigenvalue weighted by Crippen LogP contribution is -2.38. The first-order chi connectivity index (χ1) is 6.07. The minimum absolute atomic E-state index is 0.0650. The molecular weight excluding hydrogens is 166 g/mol. The van der Waals surface area contributed by atoms with E-state index in [2.05, 4.69) is 10.2 Å². The fourth-order valence-corrected chi connectivity index (χ4v) is 1.11. The predicted octanol–water partition coefficient (Wildman–Crippen LogP) is -0.208. The molecule has 0 aromatic rings. The molecule has 0 aromatic carbocycles. The molecule has 4 heteroatoms. The Morgan fingerprint density at radius 1 is 1.46 bits per heavy atom. The summed E-state index contributed by atoms with van der Waals surface area (Å²) in [7, 11) is 5.69. The summed E-state index contributed by atoms with van der Waals surface area (Å²) in [6.45, 7) is 1.06. The van der Waals surface area contributed by atoms with Gasteiger partial charge in [0.25, 0.3) is 0 Å². The van der Waals surface area contributed by atoms with Crippen molar-refractivity contribution in [3.8, 4) is 0 Å². The van der Waals surface area contributed by atoms with Crippen molar-refractivity contribution in [1.29, 1.82) is 0 Å². The number of hydrogen-bond donors (Lipinski definition) is 2. The Morgan fingerprint density at radius 2 is 2.08 bits per heavy atom. The molecule has 1 atom stereocenters. The summed E-state index contributed by atoms with van der Waals surface area (Å²) in [5, 5.41) is 2.54. The van der Waals surface area contributed by atoms with Crippen molar-refractivity contribution in [2.24, 2.45) is 5.73 Å². The number of rotatable bonds is 6. The summed E-state index contributed by atoms with van der Waals surface area (Å²) in [6.07, 6.45) is 2.87. The summed E-state index contributed by atoms with van der Waals surface area (Å²) >= 11 is 0. The zero-order chi connectivity index (χ0) is 10.3. The third kappa shape index (κ3) is 6.54. The van der Waals surface area contributed by atoms with Gasteiger partial charge in [-0.2, -0.15) is 0 Å². The molecule has 0 heterocycles. The summed E-state index contributed by atoms with van der Waals surface area (Å²) in [4.78, 5) is 13.1. The van der Waals surface area contributed by atoms with Crippen LogP contribution in [-0.2, 0) is 4.79 Å². The molecule has 0 rings (SSSR count). The molecule has 0 aromatic heterocycles. The minimum atomic E-state index is -0.341. The van der Waals surface area contributed by atoms with E-state index in [4.69, 9.17) is 5.73 Å². The molecule has 0 saturated heterocycles. The second-order valence-corrected chi connectivity index (χ2v) is 3.52. The molecule has 0 fully saturated rings. The second kappa shape index (κ2) is 6.86. The van der Waals surface area contributed by atoms with Crippen LogP contribution in [0.2, 0.25) is 0 Å². The van der Waals surface area contributed by atoms with Crippen LogP contribution in [0.5, 0.6) is 0 Å². The maximum Gasteiger partial charge on any atom is 0.236 e. The van der Waals surface area contributed by atoms with Crippen LogP contribution in [0.4, 0.5) is 0 Å². The largest absolute Gasteiger partial charge is 0.358 e. The fourth-order valence-electron chi connectivity index (χ4n) is 1.11. The van der Waals surface area contributed by atoms with Gasteiger partial charge in [-0.25, -0.2) is 0 Å². The van der Waals surface area contributed by atoms with E-state index >= 15 is 0 Å². The molecule has 13 heavy (non-hydrogen) atoms. The molecule has 78 valence electrons. The number of nitrogens with one attached hydrogen (secondary N) is 1. The highest BCUT2D eigenvalue weighted by molar-refractivity contribution is 5.81. The van der Waals surface area contributed by atoms with Crippen LogP contribution in [0.15, 0.2) is 0 Å². The summed E-state index contributed by atoms with van der Waals surface area (Å²) in [5.74, 6) is -0.0650. The van der Waals surface area contributed by atoms with Crippen LogP contribution in [0.3, 0.4) is 0 Å². The first kappa shape index (κ1) is 12.4. The number of nitrogens with zero attached hydrogens (tertiary/aromatic N) is 1. The van der Waals surface area contributed by atoms with Gasteiger partial charge in [0.15, 0.2) is 0 Å². The highest BCUT2D eigenvalue weighted by Gasteiger charge is 2.09. The van der Waals surface area contributed by atoms with E-state index in [1.165, 1.54) is 0 Å². The molecule has 0 spiro atoms. The number of hydrogen-bond acceptors (Lipinski definition) is 3. The maximum absolute atomic E-state index is 11.0. The van der Waals surface area contributed by atoms with Crippen molar-refractivity contribution in [3.63, 3.8) is 0 Å². The molecule has 4 nitrogen and oxygen atoms in total. The highest BCUT2D eigenvalue weighted by Crippen LogP contribution is 1.99. The lowest BCUT2D eigenvalue weighted by molar-refractivity contribution is -0.122. The van der Waals surface area contributed by atoms with Gasteiger partial charge < -0.3 is 16.0 Å². The van der Waals surface area contributed by atoms with Crippen molar-refractivity contribution in [3.05, 3.63) is 0 Å². The Hall–Kier alpha value is -0.610. The van der Waals surface area contributed by atoms with Gasteiger partial charge >= 0.3 is 0 Å². The number of carbonyl (C=O) groups is 1. The number of likely N-dealkylation sites (N-methyl/N-ethyl adjacent to an activating group) is 1.